The number of carboxylic acids is 1. The number of likely N-dealkylation sites (tertiary alicyclic amines) is 1. The first-order valence-electron chi connectivity index (χ1n) is 16.8. The van der Waals surface area contributed by atoms with Gasteiger partial charge in [0.1, 0.15) is 5.65 Å². The van der Waals surface area contributed by atoms with Gasteiger partial charge in [0, 0.05) is 84.4 Å². The third-order valence-electron chi connectivity index (χ3n) is 9.59. The molecule has 3 N–H and O–H groups in total. The summed E-state index contributed by atoms with van der Waals surface area (Å²) in [6.07, 6.45) is 5.22. The number of aliphatic carboxylic acids is 1. The van der Waals surface area contributed by atoms with Crippen LogP contribution in [0.3, 0.4) is 0 Å². The highest BCUT2D eigenvalue weighted by Gasteiger charge is 2.29. The molecule has 5 heterocycles. The van der Waals surface area contributed by atoms with E-state index in [0.717, 1.165) is 34.2 Å². The molecule has 2 aromatic carbocycles. The van der Waals surface area contributed by atoms with E-state index in [1.807, 2.05) is 60.7 Å². The van der Waals surface area contributed by atoms with Crippen LogP contribution in [0.5, 0.6) is 5.88 Å². The SMILES string of the molecule is COc1nc(-c2cccc(-c3cccc(-c4ccn5c(=O)c(CNC[C@H]6CCC(=O)N6)cnc5c4)c3Cl)c2Cl)ccc1CN1CC[C@H](C(=O)O)C1. The molecule has 0 aliphatic carbocycles. The highest BCUT2D eigenvalue weighted by molar-refractivity contribution is 6.39. The summed E-state index contributed by atoms with van der Waals surface area (Å²) in [6, 6.07) is 19.0. The van der Waals surface area contributed by atoms with Crippen LogP contribution in [0, 0.1) is 5.92 Å². The summed E-state index contributed by atoms with van der Waals surface area (Å²) in [5, 5.41) is 16.5. The minimum Gasteiger partial charge on any atom is -0.481 e. The lowest BCUT2D eigenvalue weighted by molar-refractivity contribution is -0.141. The third-order valence-corrected chi connectivity index (χ3v) is 10.4. The zero-order valence-electron chi connectivity index (χ0n) is 27.9. The summed E-state index contributed by atoms with van der Waals surface area (Å²) in [6.45, 7) is 2.66. The number of amides is 1. The maximum atomic E-state index is 13.3. The van der Waals surface area contributed by atoms with Crippen molar-refractivity contribution in [3.8, 4) is 39.4 Å². The van der Waals surface area contributed by atoms with E-state index in [0.29, 0.717) is 84.0 Å². The van der Waals surface area contributed by atoms with E-state index in [1.54, 1.807) is 19.5 Å². The summed E-state index contributed by atoms with van der Waals surface area (Å²) >= 11 is 14.2. The Morgan fingerprint density at radius 3 is 2.45 bits per heavy atom. The molecule has 1 amide bonds. The van der Waals surface area contributed by atoms with Crippen molar-refractivity contribution in [2.45, 2.75) is 38.4 Å². The number of pyridine rings is 2. The molecule has 11 nitrogen and oxygen atoms in total. The Hall–Kier alpha value is -4.81. The average molecular weight is 728 g/mol. The largest absolute Gasteiger partial charge is 0.481 e. The van der Waals surface area contributed by atoms with E-state index in [1.165, 1.54) is 4.40 Å². The fourth-order valence-corrected chi connectivity index (χ4v) is 7.51. The van der Waals surface area contributed by atoms with Crippen LogP contribution in [0.2, 0.25) is 10.0 Å². The zero-order chi connectivity index (χ0) is 35.6. The number of halogens is 2. The van der Waals surface area contributed by atoms with Crippen LogP contribution in [-0.2, 0) is 22.7 Å². The van der Waals surface area contributed by atoms with Crippen molar-refractivity contribution < 1.29 is 19.4 Å². The molecule has 2 saturated heterocycles. The van der Waals surface area contributed by atoms with Gasteiger partial charge in [-0.05, 0) is 43.1 Å². The van der Waals surface area contributed by atoms with Crippen molar-refractivity contribution in [1.29, 1.82) is 0 Å². The summed E-state index contributed by atoms with van der Waals surface area (Å²) in [7, 11) is 1.57. The lowest BCUT2D eigenvalue weighted by atomic mass is 9.97. The maximum Gasteiger partial charge on any atom is 0.307 e. The second kappa shape index (κ2) is 14.8. The van der Waals surface area contributed by atoms with Gasteiger partial charge in [0.2, 0.25) is 11.8 Å². The van der Waals surface area contributed by atoms with Gasteiger partial charge in [-0.2, -0.15) is 0 Å². The number of carbonyl (C=O) groups excluding carboxylic acids is 1. The van der Waals surface area contributed by atoms with Gasteiger partial charge in [-0.15, -0.1) is 0 Å². The number of carbonyl (C=O) groups is 2. The van der Waals surface area contributed by atoms with Crippen molar-refractivity contribution >= 4 is 40.7 Å². The van der Waals surface area contributed by atoms with Crippen LogP contribution < -0.4 is 20.9 Å². The number of carboxylic acid groups (broad SMARTS) is 1. The van der Waals surface area contributed by atoms with Gasteiger partial charge < -0.3 is 20.5 Å². The molecule has 2 aliphatic heterocycles. The Balaban J connectivity index is 1.12. The minimum atomic E-state index is -0.767. The van der Waals surface area contributed by atoms with Crippen LogP contribution in [-0.4, -0.2) is 69.0 Å². The van der Waals surface area contributed by atoms with E-state index >= 15 is 0 Å². The molecule has 2 fully saturated rings. The van der Waals surface area contributed by atoms with Gasteiger partial charge in [-0.3, -0.25) is 23.7 Å². The van der Waals surface area contributed by atoms with Crippen LogP contribution >= 0.6 is 23.2 Å². The molecule has 2 atom stereocenters. The molecule has 13 heteroatoms. The minimum absolute atomic E-state index is 0.0568. The average Bonchev–Trinajstić information content (AvgIpc) is 3.78. The maximum absolute atomic E-state index is 13.3. The molecule has 51 heavy (non-hydrogen) atoms. The van der Waals surface area contributed by atoms with Gasteiger partial charge in [0.15, 0.2) is 0 Å². The first kappa shape index (κ1) is 34.6. The van der Waals surface area contributed by atoms with E-state index in [9.17, 15) is 19.5 Å². The Kier molecular flexibility index (Phi) is 10.1. The number of hydrogen-bond donors (Lipinski definition) is 3. The Labute approximate surface area is 304 Å². The van der Waals surface area contributed by atoms with Crippen molar-refractivity contribution in [2.24, 2.45) is 5.92 Å². The standard InChI is InChI=1S/C38H36Cl2N6O5/c1-51-36-23(20-45-14-12-24(21-45)38(49)50)8-10-31(44-36)30-7-3-6-29(35(30)40)28-5-2-4-27(34(28)39)22-13-15-46-32(16-22)42-18-25(37(46)48)17-41-19-26-9-11-33(47)43-26/h2-8,10,13,15-16,18,24,26,41H,9,11-12,14,17,19-21H2,1H3,(H,43,47)(H,49,50)/t24-,26+/m0/s1. The molecule has 0 radical (unpaired) electrons. The van der Waals surface area contributed by atoms with Gasteiger partial charge in [0.25, 0.3) is 5.56 Å². The quantitative estimate of drug-likeness (QED) is 0.157. The predicted molar refractivity (Wildman–Crippen MR) is 196 cm³/mol. The van der Waals surface area contributed by atoms with Crippen LogP contribution in [0.1, 0.15) is 30.4 Å². The highest BCUT2D eigenvalue weighted by Crippen LogP contribution is 2.42. The number of nitrogens with zero attached hydrogens (tertiary/aromatic N) is 4. The molecular formula is C38H36Cl2N6O5. The summed E-state index contributed by atoms with van der Waals surface area (Å²) < 4.78 is 7.17. The zero-order valence-corrected chi connectivity index (χ0v) is 29.4. The number of methoxy groups -OCH3 is 1. The van der Waals surface area contributed by atoms with Gasteiger partial charge in [-0.25, -0.2) is 9.97 Å². The number of fused-ring (bicyclic) bond motifs is 1. The molecule has 2 aliphatic rings. The van der Waals surface area contributed by atoms with Gasteiger partial charge in [-0.1, -0.05) is 65.7 Å². The lowest BCUT2D eigenvalue weighted by Crippen LogP contribution is -2.36. The second-order valence-corrected chi connectivity index (χ2v) is 13.7. The van der Waals surface area contributed by atoms with Crippen LogP contribution in [0.25, 0.3) is 39.2 Å². The fourth-order valence-electron chi connectivity index (χ4n) is 6.85. The van der Waals surface area contributed by atoms with Crippen molar-refractivity contribution in [1.82, 2.24) is 29.9 Å². The molecule has 262 valence electrons. The number of benzene rings is 2. The number of rotatable bonds is 11. The molecule has 3 aromatic heterocycles. The van der Waals surface area contributed by atoms with Crippen molar-refractivity contribution in [3.63, 3.8) is 0 Å². The van der Waals surface area contributed by atoms with E-state index < -0.39 is 5.97 Å². The Bertz CT molecular complexity index is 2210. The third kappa shape index (κ3) is 7.20. The van der Waals surface area contributed by atoms with Gasteiger partial charge >= 0.3 is 5.97 Å². The Morgan fingerprint density at radius 2 is 1.75 bits per heavy atom. The van der Waals surface area contributed by atoms with E-state index in [2.05, 4.69) is 20.5 Å². The molecule has 0 saturated carbocycles. The van der Waals surface area contributed by atoms with Crippen molar-refractivity contribution in [2.75, 3.05) is 26.7 Å². The summed E-state index contributed by atoms with van der Waals surface area (Å²) in [5.74, 6) is -0.615. The summed E-state index contributed by atoms with van der Waals surface area (Å²) in [5.41, 5.74) is 6.06. The topological polar surface area (TPSA) is 138 Å². The molecule has 0 spiro atoms. The van der Waals surface area contributed by atoms with Crippen LogP contribution in [0.4, 0.5) is 0 Å². The molecular weight excluding hydrogens is 691 g/mol. The Morgan fingerprint density at radius 1 is 1.00 bits per heavy atom. The fraction of sp³-hybridized carbons (Fsp3) is 0.289. The predicted octanol–water partition coefficient (Wildman–Crippen LogP) is 5.68. The number of ether oxygens (including phenoxy) is 1. The monoisotopic (exact) mass is 726 g/mol. The molecule has 7 rings (SSSR count). The molecule has 0 unspecified atom stereocenters. The van der Waals surface area contributed by atoms with Gasteiger partial charge in [0.05, 0.1) is 28.8 Å². The first-order valence-corrected chi connectivity index (χ1v) is 17.5. The van der Waals surface area contributed by atoms with E-state index in [-0.39, 0.29) is 23.4 Å². The number of hydrogen-bond acceptors (Lipinski definition) is 8. The molecule has 5 aromatic rings. The highest BCUT2D eigenvalue weighted by atomic mass is 35.5. The molecule has 0 bridgehead atoms. The number of nitrogens with one attached hydrogen (secondary N) is 2. The second-order valence-electron chi connectivity index (χ2n) is 12.9. The smallest absolute Gasteiger partial charge is 0.307 e. The lowest BCUT2D eigenvalue weighted by Gasteiger charge is -2.18. The normalized spacial score (nSPS) is 17.6. The van der Waals surface area contributed by atoms with Crippen LogP contribution in [0.15, 0.2) is 77.9 Å². The summed E-state index contributed by atoms with van der Waals surface area (Å²) in [4.78, 5) is 47.6. The number of aromatic nitrogens is 3. The first-order chi connectivity index (χ1) is 24.7. The van der Waals surface area contributed by atoms with Crippen molar-refractivity contribution in [3.05, 3.63) is 105 Å². The van der Waals surface area contributed by atoms with E-state index in [4.69, 9.17) is 32.9 Å².